The third kappa shape index (κ3) is 5.01. The van der Waals surface area contributed by atoms with Crippen LogP contribution >= 0.6 is 11.8 Å². The van der Waals surface area contributed by atoms with Gasteiger partial charge in [-0.05, 0) is 55.0 Å². The Morgan fingerprint density at radius 2 is 1.76 bits per heavy atom. The number of carbonyl (C=O) groups excluding carboxylic acids is 1. The number of nitrogens with zero attached hydrogens (tertiary/aromatic N) is 2. The molecule has 0 spiro atoms. The van der Waals surface area contributed by atoms with E-state index in [9.17, 15) is 14.0 Å². The van der Waals surface area contributed by atoms with Crippen molar-refractivity contribution in [2.24, 2.45) is 5.41 Å². The van der Waals surface area contributed by atoms with Gasteiger partial charge in [-0.15, -0.1) is 0 Å². The fraction of sp³-hybridized carbons (Fsp3) is 0.367. The van der Waals surface area contributed by atoms with Crippen molar-refractivity contribution < 1.29 is 9.18 Å². The molecule has 38 heavy (non-hydrogen) atoms. The third-order valence-corrected chi connectivity index (χ3v) is 8.30. The molecular weight excluding hydrogens is 499 g/mol. The number of hydrogen-bond donors (Lipinski definition) is 2. The van der Waals surface area contributed by atoms with Crippen LogP contribution in [0.2, 0.25) is 0 Å². The van der Waals surface area contributed by atoms with Gasteiger partial charge in [0.2, 0.25) is 0 Å². The summed E-state index contributed by atoms with van der Waals surface area (Å²) in [5, 5.41) is 3.76. The van der Waals surface area contributed by atoms with E-state index in [0.29, 0.717) is 46.3 Å². The number of hydrogen-bond acceptors (Lipinski definition) is 6. The Bertz CT molecular complexity index is 1460. The van der Waals surface area contributed by atoms with Crippen molar-refractivity contribution in [3.63, 3.8) is 0 Å². The van der Waals surface area contributed by atoms with Crippen LogP contribution in [-0.4, -0.2) is 28.8 Å². The van der Waals surface area contributed by atoms with Crippen LogP contribution in [0, 0.1) is 11.2 Å². The van der Waals surface area contributed by atoms with E-state index in [0.717, 1.165) is 30.0 Å². The molecule has 0 saturated carbocycles. The summed E-state index contributed by atoms with van der Waals surface area (Å²) in [6.45, 7) is 10.2. The minimum absolute atomic E-state index is 0.0598. The van der Waals surface area contributed by atoms with Gasteiger partial charge in [-0.25, -0.2) is 9.37 Å². The zero-order chi connectivity index (χ0) is 27.0. The summed E-state index contributed by atoms with van der Waals surface area (Å²) in [5.74, 6) is 0.0720. The fourth-order valence-corrected chi connectivity index (χ4v) is 6.37. The minimum Gasteiger partial charge on any atom is -0.372 e. The second-order valence-corrected chi connectivity index (χ2v) is 11.6. The van der Waals surface area contributed by atoms with Crippen molar-refractivity contribution in [2.75, 3.05) is 23.3 Å². The van der Waals surface area contributed by atoms with E-state index in [1.54, 1.807) is 18.2 Å². The highest BCUT2D eigenvalue weighted by Gasteiger charge is 2.42. The van der Waals surface area contributed by atoms with Crippen LogP contribution in [-0.2, 0) is 10.5 Å². The van der Waals surface area contributed by atoms with E-state index in [1.165, 1.54) is 17.8 Å². The molecule has 1 atom stereocenters. The summed E-state index contributed by atoms with van der Waals surface area (Å²) in [6.07, 6.45) is 1.12. The average Bonchev–Trinajstić information content (AvgIpc) is 2.87. The van der Waals surface area contributed by atoms with Gasteiger partial charge in [-0.2, -0.15) is 0 Å². The lowest BCUT2D eigenvalue weighted by Gasteiger charge is -2.38. The van der Waals surface area contributed by atoms with Gasteiger partial charge in [0.15, 0.2) is 10.9 Å². The summed E-state index contributed by atoms with van der Waals surface area (Å²) in [4.78, 5) is 37.0. The number of thioether (sulfide) groups is 1. The zero-order valence-corrected chi connectivity index (χ0v) is 23.0. The molecule has 0 fully saturated rings. The molecule has 1 aromatic heterocycles. The third-order valence-electron chi connectivity index (χ3n) is 7.38. The summed E-state index contributed by atoms with van der Waals surface area (Å²) in [6, 6.07) is 14.7. The van der Waals surface area contributed by atoms with Gasteiger partial charge in [-0.3, -0.25) is 9.59 Å². The molecule has 0 saturated heterocycles. The number of rotatable bonds is 7. The predicted octanol–water partition coefficient (Wildman–Crippen LogP) is 6.25. The number of fused-ring (bicyclic) bond motifs is 1. The van der Waals surface area contributed by atoms with Crippen LogP contribution in [0.5, 0.6) is 0 Å². The highest BCUT2D eigenvalue weighted by molar-refractivity contribution is 7.98. The number of aromatic amines is 1. The average molecular weight is 533 g/mol. The Labute approximate surface area is 226 Å². The van der Waals surface area contributed by atoms with Crippen molar-refractivity contribution in [2.45, 2.75) is 57.4 Å². The lowest BCUT2D eigenvalue weighted by Crippen LogP contribution is -2.37. The minimum atomic E-state index is -0.502. The first-order chi connectivity index (χ1) is 18.2. The lowest BCUT2D eigenvalue weighted by atomic mass is 9.69. The highest BCUT2D eigenvalue weighted by atomic mass is 32.2. The number of anilines is 2. The molecule has 3 aromatic rings. The molecular formula is C30H33FN4O2S. The number of benzene rings is 2. The Hall–Kier alpha value is -3.39. The van der Waals surface area contributed by atoms with Crippen LogP contribution in [0.3, 0.4) is 0 Å². The topological polar surface area (TPSA) is 78.1 Å². The number of Topliss-reactive ketones (excluding diaryl/α,β-unsaturated/α-hetero) is 1. The van der Waals surface area contributed by atoms with Crippen LogP contribution in [0.25, 0.3) is 0 Å². The van der Waals surface area contributed by atoms with Crippen molar-refractivity contribution in [1.82, 2.24) is 9.97 Å². The first-order valence-electron chi connectivity index (χ1n) is 13.1. The molecule has 0 radical (unpaired) electrons. The van der Waals surface area contributed by atoms with Crippen molar-refractivity contribution in [3.8, 4) is 0 Å². The van der Waals surface area contributed by atoms with E-state index < -0.39 is 5.92 Å². The van der Waals surface area contributed by atoms with Crippen LogP contribution in [0.1, 0.15) is 63.1 Å². The number of H-pyrrole nitrogens is 1. The van der Waals surface area contributed by atoms with Crippen molar-refractivity contribution in [3.05, 3.63) is 92.7 Å². The predicted molar refractivity (Wildman–Crippen MR) is 151 cm³/mol. The number of allylic oxidation sites excluding steroid dienone is 2. The fourth-order valence-electron chi connectivity index (χ4n) is 5.52. The van der Waals surface area contributed by atoms with Crippen LogP contribution in [0.4, 0.5) is 15.9 Å². The largest absolute Gasteiger partial charge is 0.372 e. The monoisotopic (exact) mass is 532 g/mol. The summed E-state index contributed by atoms with van der Waals surface area (Å²) in [7, 11) is 0. The van der Waals surface area contributed by atoms with E-state index in [-0.39, 0.29) is 22.6 Å². The Kier molecular flexibility index (Phi) is 7.18. The van der Waals surface area contributed by atoms with Gasteiger partial charge in [0, 0.05) is 48.1 Å². The molecule has 0 bridgehead atoms. The molecule has 0 unspecified atom stereocenters. The number of ketones is 1. The van der Waals surface area contributed by atoms with Crippen molar-refractivity contribution >= 4 is 29.1 Å². The van der Waals surface area contributed by atoms with Gasteiger partial charge >= 0.3 is 0 Å². The molecule has 5 rings (SSSR count). The standard InChI is InChI=1S/C30H33FN4O2S/c1-5-35(6-2)20-13-11-18(12-14-20)24-25-22(15-30(3,4)16-23(25)36)32-27-26(24)28(37)34-29(33-27)38-17-19-9-7-8-10-21(19)31/h7-14,24H,5-6,15-17H2,1-4H3,(H2,32,33,34,37)/t24-/m1/s1. The summed E-state index contributed by atoms with van der Waals surface area (Å²) < 4.78 is 14.1. The van der Waals surface area contributed by atoms with E-state index in [4.69, 9.17) is 4.98 Å². The maximum Gasteiger partial charge on any atom is 0.257 e. The van der Waals surface area contributed by atoms with E-state index in [1.807, 2.05) is 12.1 Å². The molecule has 198 valence electrons. The SMILES string of the molecule is CCN(CC)c1ccc([C@@H]2C3=C(CC(C)(C)CC3=O)Nc3nc(SCc4ccccc4F)[nH]c(=O)c32)cc1. The van der Waals surface area contributed by atoms with Crippen LogP contribution < -0.4 is 15.8 Å². The Morgan fingerprint density at radius 1 is 1.05 bits per heavy atom. The second-order valence-electron chi connectivity index (χ2n) is 10.7. The lowest BCUT2D eigenvalue weighted by molar-refractivity contribution is -0.118. The Balaban J connectivity index is 1.57. The van der Waals surface area contributed by atoms with Gasteiger partial charge in [0.1, 0.15) is 11.6 Å². The number of carbonyl (C=O) groups is 1. The first kappa shape index (κ1) is 26.2. The molecule has 2 N–H and O–H groups in total. The highest BCUT2D eigenvalue weighted by Crippen LogP contribution is 2.47. The van der Waals surface area contributed by atoms with E-state index in [2.05, 4.69) is 55.0 Å². The number of aromatic nitrogens is 2. The smallest absolute Gasteiger partial charge is 0.257 e. The van der Waals surface area contributed by atoms with Crippen LogP contribution in [0.15, 0.2) is 69.8 Å². The molecule has 8 heteroatoms. The molecule has 6 nitrogen and oxygen atoms in total. The molecule has 2 aliphatic rings. The molecule has 1 aliphatic heterocycles. The van der Waals surface area contributed by atoms with Crippen molar-refractivity contribution in [1.29, 1.82) is 0 Å². The van der Waals surface area contributed by atoms with E-state index >= 15 is 0 Å². The molecule has 1 aliphatic carbocycles. The molecule has 2 heterocycles. The van der Waals surface area contributed by atoms with Gasteiger partial charge < -0.3 is 15.2 Å². The second kappa shape index (κ2) is 10.4. The quantitative estimate of drug-likeness (QED) is 0.277. The van der Waals surface area contributed by atoms with Gasteiger partial charge in [0.05, 0.1) is 5.56 Å². The summed E-state index contributed by atoms with van der Waals surface area (Å²) in [5.41, 5.74) is 3.99. The zero-order valence-electron chi connectivity index (χ0n) is 22.2. The number of halogens is 1. The summed E-state index contributed by atoms with van der Waals surface area (Å²) >= 11 is 1.28. The normalized spacial score (nSPS) is 18.0. The maximum atomic E-state index is 14.1. The number of nitrogens with one attached hydrogen (secondary N) is 2. The van der Waals surface area contributed by atoms with Gasteiger partial charge in [0.25, 0.3) is 5.56 Å². The van der Waals surface area contributed by atoms with Gasteiger partial charge in [-0.1, -0.05) is 55.9 Å². The maximum absolute atomic E-state index is 14.1. The molecule has 0 amide bonds. The first-order valence-corrected chi connectivity index (χ1v) is 14.1. The molecule has 2 aromatic carbocycles. The Morgan fingerprint density at radius 3 is 2.45 bits per heavy atom.